The van der Waals surface area contributed by atoms with Crippen LogP contribution in [0, 0.1) is 0 Å². The van der Waals surface area contributed by atoms with Crippen molar-refractivity contribution in [3.05, 3.63) is 83.6 Å². The van der Waals surface area contributed by atoms with Crippen molar-refractivity contribution in [2.75, 3.05) is 13.1 Å². The molecule has 2 aromatic rings. The number of benzene rings is 2. The maximum atomic E-state index is 13.9. The Morgan fingerprint density at radius 3 is 1.23 bits per heavy atom. The zero-order valence-electron chi connectivity index (χ0n) is 24.3. The number of unbranched alkanes of at least 4 members (excludes halogenated alkanes) is 10. The number of rotatable bonds is 20. The molecule has 216 valence electrons. The van der Waals surface area contributed by atoms with Gasteiger partial charge in [0.1, 0.15) is 22.9 Å². The topological polar surface area (TPSA) is 76.7 Å². The van der Waals surface area contributed by atoms with Crippen LogP contribution in [-0.4, -0.2) is 24.7 Å². The highest BCUT2D eigenvalue weighted by Crippen LogP contribution is 2.28. The number of ether oxygens (including phenoxy) is 2. The zero-order chi connectivity index (χ0) is 28.4. The second-order valence-electron chi connectivity index (χ2n) is 10.3. The van der Waals surface area contributed by atoms with Gasteiger partial charge in [-0.2, -0.15) is 0 Å². The molecular weight excluding hydrogens is 500 g/mol. The SMILES string of the molecule is CCCCCCCCNC1=C(Oc2ccccc2)C(=O)C(NCCCCCCCC)=C(Oc2ccccc2)C1=O. The van der Waals surface area contributed by atoms with Gasteiger partial charge in [-0.3, -0.25) is 9.59 Å². The molecule has 0 radical (unpaired) electrons. The molecule has 0 aromatic heterocycles. The van der Waals surface area contributed by atoms with Crippen molar-refractivity contribution < 1.29 is 19.1 Å². The molecule has 2 aromatic carbocycles. The molecule has 0 heterocycles. The summed E-state index contributed by atoms with van der Waals surface area (Å²) in [7, 11) is 0. The Labute approximate surface area is 240 Å². The quantitative estimate of drug-likeness (QED) is 0.131. The van der Waals surface area contributed by atoms with Gasteiger partial charge in [-0.05, 0) is 37.1 Å². The van der Waals surface area contributed by atoms with Crippen LogP contribution in [0.1, 0.15) is 90.9 Å². The highest BCUT2D eigenvalue weighted by Gasteiger charge is 2.38. The third-order valence-corrected chi connectivity index (χ3v) is 6.91. The molecule has 0 saturated carbocycles. The molecule has 6 heteroatoms. The molecule has 0 bridgehead atoms. The first-order valence-corrected chi connectivity index (χ1v) is 15.2. The lowest BCUT2D eigenvalue weighted by Gasteiger charge is -2.25. The Bertz CT molecular complexity index is 1020. The summed E-state index contributed by atoms with van der Waals surface area (Å²) in [6.07, 6.45) is 13.5. The average Bonchev–Trinajstić information content (AvgIpc) is 2.98. The molecule has 3 rings (SSSR count). The van der Waals surface area contributed by atoms with Crippen LogP contribution in [-0.2, 0) is 9.59 Å². The van der Waals surface area contributed by atoms with E-state index in [0.29, 0.717) is 24.6 Å². The number of ketones is 2. The van der Waals surface area contributed by atoms with Gasteiger partial charge in [0.15, 0.2) is 0 Å². The summed E-state index contributed by atoms with van der Waals surface area (Å²) in [5.41, 5.74) is 0.303. The first-order chi connectivity index (χ1) is 19.7. The molecule has 0 aliphatic heterocycles. The Kier molecular flexibility index (Phi) is 13.9. The highest BCUT2D eigenvalue weighted by molar-refractivity contribution is 6.23. The van der Waals surface area contributed by atoms with Crippen molar-refractivity contribution in [3.63, 3.8) is 0 Å². The van der Waals surface area contributed by atoms with Crippen LogP contribution in [0.15, 0.2) is 83.6 Å². The lowest BCUT2D eigenvalue weighted by molar-refractivity contribution is -0.120. The minimum atomic E-state index is -0.384. The number of hydrogen-bond donors (Lipinski definition) is 2. The van der Waals surface area contributed by atoms with Crippen molar-refractivity contribution in [1.82, 2.24) is 10.6 Å². The van der Waals surface area contributed by atoms with E-state index in [-0.39, 0.29) is 34.5 Å². The predicted molar refractivity (Wildman–Crippen MR) is 161 cm³/mol. The number of carbonyl (C=O) groups excluding carboxylic acids is 2. The van der Waals surface area contributed by atoms with Crippen LogP contribution in [0.4, 0.5) is 0 Å². The minimum Gasteiger partial charge on any atom is -0.451 e. The zero-order valence-corrected chi connectivity index (χ0v) is 24.3. The Morgan fingerprint density at radius 1 is 0.500 bits per heavy atom. The third kappa shape index (κ3) is 9.89. The summed E-state index contributed by atoms with van der Waals surface area (Å²) in [6, 6.07) is 18.2. The summed E-state index contributed by atoms with van der Waals surface area (Å²) in [5, 5.41) is 6.48. The van der Waals surface area contributed by atoms with E-state index >= 15 is 0 Å². The molecule has 0 unspecified atom stereocenters. The maximum absolute atomic E-state index is 13.9. The van der Waals surface area contributed by atoms with Gasteiger partial charge in [0.05, 0.1) is 0 Å². The Morgan fingerprint density at radius 2 is 0.850 bits per heavy atom. The molecule has 1 aliphatic carbocycles. The van der Waals surface area contributed by atoms with Gasteiger partial charge >= 0.3 is 0 Å². The van der Waals surface area contributed by atoms with Gasteiger partial charge in [-0.1, -0.05) is 114 Å². The third-order valence-electron chi connectivity index (χ3n) is 6.91. The standard InChI is InChI=1S/C34H46N2O4/c1-3-5-7-9-11-19-25-35-29-31(37)34(40-28-23-17-14-18-24-28)30(36-26-20-12-10-8-6-4-2)32(38)33(29)39-27-21-15-13-16-22-27/h13-18,21-24,35-36H,3-12,19-20,25-26H2,1-2H3. The molecule has 0 saturated heterocycles. The van der Waals surface area contributed by atoms with E-state index in [1.54, 1.807) is 24.3 Å². The normalized spacial score (nSPS) is 13.6. The van der Waals surface area contributed by atoms with Gasteiger partial charge in [0, 0.05) is 13.1 Å². The molecule has 6 nitrogen and oxygen atoms in total. The maximum Gasteiger partial charge on any atom is 0.250 e. The van der Waals surface area contributed by atoms with Crippen molar-refractivity contribution in [3.8, 4) is 11.5 Å². The number of nitrogens with one attached hydrogen (secondary N) is 2. The van der Waals surface area contributed by atoms with Crippen LogP contribution in [0.3, 0.4) is 0 Å². The lowest BCUT2D eigenvalue weighted by atomic mass is 10.0. The van der Waals surface area contributed by atoms with Crippen LogP contribution in [0.5, 0.6) is 11.5 Å². The van der Waals surface area contributed by atoms with Crippen LogP contribution in [0.2, 0.25) is 0 Å². The van der Waals surface area contributed by atoms with E-state index in [4.69, 9.17) is 9.47 Å². The minimum absolute atomic E-state index is 0.00744. The van der Waals surface area contributed by atoms with E-state index < -0.39 is 0 Å². The predicted octanol–water partition coefficient (Wildman–Crippen LogP) is 7.62. The van der Waals surface area contributed by atoms with E-state index in [9.17, 15) is 9.59 Å². The fraction of sp³-hybridized carbons (Fsp3) is 0.471. The monoisotopic (exact) mass is 546 g/mol. The van der Waals surface area contributed by atoms with E-state index in [1.807, 2.05) is 36.4 Å². The van der Waals surface area contributed by atoms with Gasteiger partial charge in [0.2, 0.25) is 23.1 Å². The number of carbonyl (C=O) groups is 2. The molecule has 40 heavy (non-hydrogen) atoms. The molecular formula is C34H46N2O4. The number of para-hydroxylation sites is 2. The smallest absolute Gasteiger partial charge is 0.250 e. The van der Waals surface area contributed by atoms with Crippen LogP contribution < -0.4 is 20.1 Å². The second-order valence-corrected chi connectivity index (χ2v) is 10.3. The summed E-state index contributed by atoms with van der Waals surface area (Å²) in [5.74, 6) is 0.248. The second kappa shape index (κ2) is 17.9. The Hall–Kier alpha value is -3.54. The van der Waals surface area contributed by atoms with Gasteiger partial charge < -0.3 is 20.1 Å². The molecule has 0 fully saturated rings. The first kappa shape index (κ1) is 31.0. The van der Waals surface area contributed by atoms with Gasteiger partial charge in [-0.25, -0.2) is 0 Å². The van der Waals surface area contributed by atoms with E-state index in [0.717, 1.165) is 38.5 Å². The average molecular weight is 547 g/mol. The Balaban J connectivity index is 1.82. The van der Waals surface area contributed by atoms with Crippen molar-refractivity contribution in [2.24, 2.45) is 0 Å². The van der Waals surface area contributed by atoms with Gasteiger partial charge in [0.25, 0.3) is 0 Å². The number of hydrogen-bond acceptors (Lipinski definition) is 6. The van der Waals surface area contributed by atoms with Gasteiger partial charge in [-0.15, -0.1) is 0 Å². The van der Waals surface area contributed by atoms with E-state index in [2.05, 4.69) is 24.5 Å². The molecule has 0 amide bonds. The van der Waals surface area contributed by atoms with Crippen LogP contribution >= 0.6 is 0 Å². The summed E-state index contributed by atoms with van der Waals surface area (Å²) >= 11 is 0. The summed E-state index contributed by atoms with van der Waals surface area (Å²) in [4.78, 5) is 27.8. The summed E-state index contributed by atoms with van der Waals surface area (Å²) < 4.78 is 12.2. The molecule has 2 N–H and O–H groups in total. The fourth-order valence-electron chi connectivity index (χ4n) is 4.63. The van der Waals surface area contributed by atoms with Crippen molar-refractivity contribution in [1.29, 1.82) is 0 Å². The highest BCUT2D eigenvalue weighted by atomic mass is 16.5. The largest absolute Gasteiger partial charge is 0.451 e. The lowest BCUT2D eigenvalue weighted by Crippen LogP contribution is -2.39. The molecule has 0 spiro atoms. The fourth-order valence-corrected chi connectivity index (χ4v) is 4.63. The van der Waals surface area contributed by atoms with Crippen molar-refractivity contribution in [2.45, 2.75) is 90.9 Å². The number of Topliss-reactive ketones (excluding diaryl/α,β-unsaturated/α-hetero) is 2. The van der Waals surface area contributed by atoms with Crippen molar-refractivity contribution >= 4 is 11.6 Å². The summed E-state index contributed by atoms with van der Waals surface area (Å²) in [6.45, 7) is 5.54. The molecule has 0 atom stereocenters. The first-order valence-electron chi connectivity index (χ1n) is 15.2. The molecule has 1 aliphatic rings. The van der Waals surface area contributed by atoms with Crippen LogP contribution in [0.25, 0.3) is 0 Å². The van der Waals surface area contributed by atoms with E-state index in [1.165, 1.54) is 38.5 Å².